The molecule has 1 heterocycles. The largest absolute Gasteiger partial charge is 0.493 e. The molecule has 6 nitrogen and oxygen atoms in total. The molecule has 0 unspecified atom stereocenters. The maximum absolute atomic E-state index is 11.6. The normalized spacial score (nSPS) is 10.4. The first kappa shape index (κ1) is 15.6. The van der Waals surface area contributed by atoms with E-state index in [1.54, 1.807) is 6.92 Å². The highest BCUT2D eigenvalue weighted by Crippen LogP contribution is 2.16. The number of aromatic nitrogens is 2. The van der Waals surface area contributed by atoms with E-state index in [0.29, 0.717) is 13.0 Å². The fourth-order valence-corrected chi connectivity index (χ4v) is 2.13. The van der Waals surface area contributed by atoms with Crippen molar-refractivity contribution in [1.29, 1.82) is 0 Å². The summed E-state index contributed by atoms with van der Waals surface area (Å²) in [6, 6.07) is 0. The molecule has 7 heteroatoms. The van der Waals surface area contributed by atoms with Gasteiger partial charge in [-0.2, -0.15) is 4.98 Å². The summed E-state index contributed by atoms with van der Waals surface area (Å²) in [7, 11) is 0. The summed E-state index contributed by atoms with van der Waals surface area (Å²) in [6.07, 6.45) is 2.38. The second-order valence-corrected chi connectivity index (χ2v) is 4.98. The molecule has 0 saturated heterocycles. The summed E-state index contributed by atoms with van der Waals surface area (Å²) in [5.74, 6) is -0.210. The van der Waals surface area contributed by atoms with Crippen molar-refractivity contribution in [3.05, 3.63) is 15.9 Å². The molecule has 0 aliphatic heterocycles. The Kier molecular flexibility index (Phi) is 6.41. The SMILES string of the molecule is CCCCNC(=O)CSc1nc(O)c(CC)c(=O)[nH]1. The number of nitrogens with zero attached hydrogens (tertiary/aromatic N) is 1. The maximum atomic E-state index is 11.6. The van der Waals surface area contributed by atoms with Crippen molar-refractivity contribution < 1.29 is 9.90 Å². The van der Waals surface area contributed by atoms with E-state index in [2.05, 4.69) is 15.3 Å². The maximum Gasteiger partial charge on any atom is 0.258 e. The lowest BCUT2D eigenvalue weighted by molar-refractivity contribution is -0.118. The summed E-state index contributed by atoms with van der Waals surface area (Å²) in [4.78, 5) is 29.5. The number of hydrogen-bond donors (Lipinski definition) is 3. The Morgan fingerprint density at radius 1 is 1.47 bits per heavy atom. The van der Waals surface area contributed by atoms with Crippen LogP contribution < -0.4 is 10.9 Å². The molecule has 1 rings (SSSR count). The van der Waals surface area contributed by atoms with Gasteiger partial charge in [0.2, 0.25) is 11.8 Å². The summed E-state index contributed by atoms with van der Waals surface area (Å²) < 4.78 is 0. The number of aromatic hydroxyl groups is 1. The molecule has 1 aromatic heterocycles. The number of aromatic amines is 1. The molecule has 1 amide bonds. The van der Waals surface area contributed by atoms with E-state index >= 15 is 0 Å². The zero-order chi connectivity index (χ0) is 14.3. The highest BCUT2D eigenvalue weighted by Gasteiger charge is 2.10. The van der Waals surface area contributed by atoms with E-state index in [0.717, 1.165) is 24.6 Å². The molecule has 0 radical (unpaired) electrons. The average molecular weight is 285 g/mol. The Labute approximate surface area is 116 Å². The summed E-state index contributed by atoms with van der Waals surface area (Å²) in [6.45, 7) is 4.47. The Morgan fingerprint density at radius 2 is 2.21 bits per heavy atom. The van der Waals surface area contributed by atoms with Gasteiger partial charge in [-0.15, -0.1) is 0 Å². The third kappa shape index (κ3) is 4.94. The van der Waals surface area contributed by atoms with Crippen LogP contribution in [0.2, 0.25) is 0 Å². The topological polar surface area (TPSA) is 95.1 Å². The predicted molar refractivity (Wildman–Crippen MR) is 74.5 cm³/mol. The number of hydrogen-bond acceptors (Lipinski definition) is 5. The van der Waals surface area contributed by atoms with Crippen LogP contribution in [0.3, 0.4) is 0 Å². The van der Waals surface area contributed by atoms with Crippen molar-refractivity contribution in [3.8, 4) is 5.88 Å². The molecular weight excluding hydrogens is 266 g/mol. The second kappa shape index (κ2) is 7.83. The fourth-order valence-electron chi connectivity index (χ4n) is 1.44. The van der Waals surface area contributed by atoms with Crippen molar-refractivity contribution in [2.24, 2.45) is 0 Å². The number of H-pyrrole nitrogens is 1. The monoisotopic (exact) mass is 285 g/mol. The zero-order valence-electron chi connectivity index (χ0n) is 11.2. The van der Waals surface area contributed by atoms with Crippen LogP contribution in [0.15, 0.2) is 9.95 Å². The molecule has 106 valence electrons. The highest BCUT2D eigenvalue weighted by molar-refractivity contribution is 7.99. The molecule has 19 heavy (non-hydrogen) atoms. The molecule has 0 aromatic carbocycles. The van der Waals surface area contributed by atoms with E-state index in [4.69, 9.17) is 0 Å². The molecule has 0 saturated carbocycles. The molecule has 0 spiro atoms. The molecule has 1 aromatic rings. The lowest BCUT2D eigenvalue weighted by Gasteiger charge is -2.05. The van der Waals surface area contributed by atoms with Crippen molar-refractivity contribution in [2.75, 3.05) is 12.3 Å². The first-order valence-electron chi connectivity index (χ1n) is 6.30. The van der Waals surface area contributed by atoms with Gasteiger partial charge in [0.15, 0.2) is 5.16 Å². The van der Waals surface area contributed by atoms with E-state index in [1.807, 2.05) is 6.92 Å². The van der Waals surface area contributed by atoms with Gasteiger partial charge in [-0.25, -0.2) is 0 Å². The van der Waals surface area contributed by atoms with Gasteiger partial charge in [0.1, 0.15) is 0 Å². The van der Waals surface area contributed by atoms with Crippen LogP contribution in [0.1, 0.15) is 32.3 Å². The van der Waals surface area contributed by atoms with Crippen LogP contribution in [0.5, 0.6) is 5.88 Å². The van der Waals surface area contributed by atoms with Gasteiger partial charge in [-0.1, -0.05) is 32.0 Å². The van der Waals surface area contributed by atoms with E-state index < -0.39 is 0 Å². The quantitative estimate of drug-likeness (QED) is 0.395. The van der Waals surface area contributed by atoms with Crippen molar-refractivity contribution in [2.45, 2.75) is 38.3 Å². The number of rotatable bonds is 7. The van der Waals surface area contributed by atoms with Gasteiger partial charge >= 0.3 is 0 Å². The van der Waals surface area contributed by atoms with Gasteiger partial charge < -0.3 is 15.4 Å². The summed E-state index contributed by atoms with van der Waals surface area (Å²) in [5, 5.41) is 12.6. The van der Waals surface area contributed by atoms with Crippen molar-refractivity contribution >= 4 is 17.7 Å². The second-order valence-electron chi connectivity index (χ2n) is 4.02. The van der Waals surface area contributed by atoms with Crippen molar-refractivity contribution in [1.82, 2.24) is 15.3 Å². The smallest absolute Gasteiger partial charge is 0.258 e. The van der Waals surface area contributed by atoms with E-state index in [9.17, 15) is 14.7 Å². The molecule has 3 N–H and O–H groups in total. The van der Waals surface area contributed by atoms with Crippen LogP contribution in [0.25, 0.3) is 0 Å². The first-order valence-corrected chi connectivity index (χ1v) is 7.28. The minimum Gasteiger partial charge on any atom is -0.493 e. The highest BCUT2D eigenvalue weighted by atomic mass is 32.2. The first-order chi connectivity index (χ1) is 9.08. The number of thioether (sulfide) groups is 1. The van der Waals surface area contributed by atoms with Gasteiger partial charge in [-0.3, -0.25) is 9.59 Å². The molecule has 0 aliphatic carbocycles. The number of carbonyl (C=O) groups excluding carboxylic acids is 1. The van der Waals surface area contributed by atoms with Gasteiger partial charge in [0, 0.05) is 6.54 Å². The predicted octanol–water partition coefficient (Wildman–Crippen LogP) is 1.05. The van der Waals surface area contributed by atoms with Gasteiger partial charge in [0.25, 0.3) is 5.56 Å². The minimum atomic E-state index is -0.358. The standard InChI is InChI=1S/C12H19N3O3S/c1-3-5-6-13-9(16)7-19-12-14-10(17)8(4-2)11(18)15-12/h3-7H2,1-2H3,(H,13,16)(H2,14,15,17,18). The third-order valence-electron chi connectivity index (χ3n) is 2.52. The lowest BCUT2D eigenvalue weighted by Crippen LogP contribution is -2.26. The summed E-state index contributed by atoms with van der Waals surface area (Å²) >= 11 is 1.10. The number of carbonyl (C=O) groups is 1. The van der Waals surface area contributed by atoms with Crippen LogP contribution >= 0.6 is 11.8 Å². The van der Waals surface area contributed by atoms with Gasteiger partial charge in [0.05, 0.1) is 11.3 Å². The minimum absolute atomic E-state index is 0.111. The average Bonchev–Trinajstić information content (AvgIpc) is 2.36. The third-order valence-corrected chi connectivity index (χ3v) is 3.39. The van der Waals surface area contributed by atoms with Crippen LogP contribution in [-0.2, 0) is 11.2 Å². The number of nitrogens with one attached hydrogen (secondary N) is 2. The molecule has 0 bridgehead atoms. The molecule has 0 aliphatic rings. The Balaban J connectivity index is 2.54. The molecule has 0 fully saturated rings. The lowest BCUT2D eigenvalue weighted by atomic mass is 10.2. The van der Waals surface area contributed by atoms with Crippen molar-refractivity contribution in [3.63, 3.8) is 0 Å². The van der Waals surface area contributed by atoms with Crippen LogP contribution in [0.4, 0.5) is 0 Å². The fraction of sp³-hybridized carbons (Fsp3) is 0.583. The van der Waals surface area contributed by atoms with E-state index in [-0.39, 0.29) is 33.8 Å². The Bertz CT molecular complexity index is 488. The Morgan fingerprint density at radius 3 is 2.79 bits per heavy atom. The summed E-state index contributed by atoms with van der Waals surface area (Å²) in [5.41, 5.74) is -0.0966. The molecular formula is C12H19N3O3S. The number of unbranched alkanes of at least 4 members (excludes halogenated alkanes) is 1. The van der Waals surface area contributed by atoms with E-state index in [1.165, 1.54) is 0 Å². The van der Waals surface area contributed by atoms with Crippen LogP contribution in [0, 0.1) is 0 Å². The molecule has 0 atom stereocenters. The van der Waals surface area contributed by atoms with Crippen LogP contribution in [-0.4, -0.2) is 33.3 Å². The van der Waals surface area contributed by atoms with Gasteiger partial charge in [-0.05, 0) is 12.8 Å². The number of amides is 1. The Hall–Kier alpha value is -1.50. The zero-order valence-corrected chi connectivity index (χ0v) is 12.0.